The standard InChI is InChI=1S/C29H28N6O4/c1-37-9-10-39-25-14-33-28-27(20-11-22(32-13-23(20)34-28)19-3-2-8-31-12-19)26(25)17-4-6-18(7-5-17)29(36)35-24-16-38-15-21(24)30/h2-8,11-14,21,24H,9-10,15-16,30H2,1H3,(H,33,34)(H,35,36)/t21-,24-/m0/s1. The summed E-state index contributed by atoms with van der Waals surface area (Å²) in [7, 11) is 1.63. The molecule has 5 heterocycles. The summed E-state index contributed by atoms with van der Waals surface area (Å²) in [6.07, 6.45) is 7.04. The smallest absolute Gasteiger partial charge is 0.251 e. The molecule has 1 aliphatic heterocycles. The number of carbonyl (C=O) groups is 1. The molecule has 10 heteroatoms. The van der Waals surface area contributed by atoms with Gasteiger partial charge in [-0.1, -0.05) is 12.1 Å². The third kappa shape index (κ3) is 4.92. The van der Waals surface area contributed by atoms with E-state index in [4.69, 9.17) is 19.9 Å². The fourth-order valence-electron chi connectivity index (χ4n) is 4.80. The summed E-state index contributed by atoms with van der Waals surface area (Å²) in [6, 6.07) is 12.9. The number of nitrogens with zero attached hydrogens (tertiary/aromatic N) is 3. The first-order valence-electron chi connectivity index (χ1n) is 12.7. The predicted octanol–water partition coefficient (Wildman–Crippen LogP) is 3.32. The monoisotopic (exact) mass is 524 g/mol. The minimum Gasteiger partial charge on any atom is -0.489 e. The molecule has 4 aromatic heterocycles. The van der Waals surface area contributed by atoms with Gasteiger partial charge in [-0.3, -0.25) is 14.8 Å². The van der Waals surface area contributed by atoms with Gasteiger partial charge in [-0.25, -0.2) is 4.98 Å². The number of amides is 1. The molecule has 0 spiro atoms. The third-order valence-corrected chi connectivity index (χ3v) is 6.85. The summed E-state index contributed by atoms with van der Waals surface area (Å²) < 4.78 is 16.7. The Balaban J connectivity index is 1.44. The van der Waals surface area contributed by atoms with Gasteiger partial charge in [0, 0.05) is 47.0 Å². The van der Waals surface area contributed by atoms with Crippen LogP contribution in [0.25, 0.3) is 44.3 Å². The molecule has 0 bridgehead atoms. The molecule has 198 valence electrons. The Morgan fingerprint density at radius 1 is 1.10 bits per heavy atom. The van der Waals surface area contributed by atoms with Crippen LogP contribution in [0.2, 0.25) is 0 Å². The SMILES string of the molecule is COCCOc1cnc2[nH]c3cnc(-c4cccnc4)cc3c2c1-c1ccc(C(=O)N[C@H]2COC[C@@H]2N)cc1. The molecule has 39 heavy (non-hydrogen) atoms. The molecule has 6 rings (SSSR count). The average Bonchev–Trinajstić information content (AvgIpc) is 3.55. The molecule has 1 aliphatic rings. The summed E-state index contributed by atoms with van der Waals surface area (Å²) in [6.45, 7) is 1.66. The van der Waals surface area contributed by atoms with Crippen LogP contribution in [0.1, 0.15) is 10.4 Å². The number of nitrogens with one attached hydrogen (secondary N) is 2. The van der Waals surface area contributed by atoms with Crippen molar-refractivity contribution in [1.29, 1.82) is 0 Å². The number of H-pyrrole nitrogens is 1. The van der Waals surface area contributed by atoms with Gasteiger partial charge in [-0.05, 0) is 35.9 Å². The highest BCUT2D eigenvalue weighted by atomic mass is 16.5. The van der Waals surface area contributed by atoms with Crippen molar-refractivity contribution in [3.8, 4) is 28.1 Å². The van der Waals surface area contributed by atoms with Crippen molar-refractivity contribution < 1.29 is 19.0 Å². The van der Waals surface area contributed by atoms with E-state index in [0.717, 1.165) is 38.7 Å². The Hall–Kier alpha value is -4.38. The molecule has 0 unspecified atom stereocenters. The van der Waals surface area contributed by atoms with Crippen LogP contribution in [0.4, 0.5) is 0 Å². The fourth-order valence-corrected chi connectivity index (χ4v) is 4.80. The van der Waals surface area contributed by atoms with Gasteiger partial charge in [0.05, 0.1) is 55.5 Å². The van der Waals surface area contributed by atoms with Crippen LogP contribution in [0.3, 0.4) is 0 Å². The van der Waals surface area contributed by atoms with Crippen molar-refractivity contribution in [3.63, 3.8) is 0 Å². The zero-order valence-electron chi connectivity index (χ0n) is 21.4. The maximum Gasteiger partial charge on any atom is 0.251 e. The number of nitrogens with two attached hydrogens (primary N) is 1. The molecule has 5 aromatic rings. The number of hydrogen-bond acceptors (Lipinski definition) is 8. The number of fused-ring (bicyclic) bond motifs is 3. The molecule has 0 aliphatic carbocycles. The minimum absolute atomic E-state index is 0.191. The molecular weight excluding hydrogens is 496 g/mol. The highest BCUT2D eigenvalue weighted by Gasteiger charge is 2.26. The van der Waals surface area contributed by atoms with Crippen molar-refractivity contribution in [2.75, 3.05) is 33.5 Å². The van der Waals surface area contributed by atoms with Gasteiger partial charge in [0.1, 0.15) is 18.0 Å². The Morgan fingerprint density at radius 2 is 1.97 bits per heavy atom. The highest BCUT2D eigenvalue weighted by Crippen LogP contribution is 2.40. The van der Waals surface area contributed by atoms with Crippen molar-refractivity contribution in [3.05, 3.63) is 72.8 Å². The second-order valence-electron chi connectivity index (χ2n) is 9.40. The zero-order valence-corrected chi connectivity index (χ0v) is 21.4. The van der Waals surface area contributed by atoms with Gasteiger partial charge >= 0.3 is 0 Å². The summed E-state index contributed by atoms with van der Waals surface area (Å²) in [4.78, 5) is 29.7. The van der Waals surface area contributed by atoms with E-state index in [2.05, 4.69) is 25.3 Å². The maximum absolute atomic E-state index is 12.9. The van der Waals surface area contributed by atoms with Crippen molar-refractivity contribution >= 4 is 27.8 Å². The van der Waals surface area contributed by atoms with E-state index < -0.39 is 0 Å². The molecule has 10 nitrogen and oxygen atoms in total. The van der Waals surface area contributed by atoms with Gasteiger partial charge in [-0.15, -0.1) is 0 Å². The lowest BCUT2D eigenvalue weighted by molar-refractivity contribution is 0.0928. The number of methoxy groups -OCH3 is 1. The van der Waals surface area contributed by atoms with Crippen LogP contribution < -0.4 is 15.8 Å². The van der Waals surface area contributed by atoms with E-state index >= 15 is 0 Å². The lowest BCUT2D eigenvalue weighted by Crippen LogP contribution is -2.46. The van der Waals surface area contributed by atoms with E-state index in [1.165, 1.54) is 0 Å². The highest BCUT2D eigenvalue weighted by molar-refractivity contribution is 6.14. The van der Waals surface area contributed by atoms with Crippen molar-refractivity contribution in [2.24, 2.45) is 5.73 Å². The Morgan fingerprint density at radius 3 is 2.72 bits per heavy atom. The Labute approximate surface area is 224 Å². The number of benzene rings is 1. The van der Waals surface area contributed by atoms with Gasteiger partial charge < -0.3 is 30.2 Å². The first-order valence-corrected chi connectivity index (χ1v) is 12.7. The van der Waals surface area contributed by atoms with E-state index in [1.54, 1.807) is 44.0 Å². The summed E-state index contributed by atoms with van der Waals surface area (Å²) >= 11 is 0. The van der Waals surface area contributed by atoms with Gasteiger partial charge in [0.2, 0.25) is 0 Å². The average molecular weight is 525 g/mol. The van der Waals surface area contributed by atoms with Crippen LogP contribution in [0.5, 0.6) is 5.75 Å². The number of ether oxygens (including phenoxy) is 3. The van der Waals surface area contributed by atoms with E-state index in [9.17, 15) is 4.79 Å². The second-order valence-corrected chi connectivity index (χ2v) is 9.40. The Kier molecular flexibility index (Phi) is 6.89. The van der Waals surface area contributed by atoms with E-state index in [0.29, 0.717) is 43.4 Å². The summed E-state index contributed by atoms with van der Waals surface area (Å²) in [5, 5.41) is 4.82. The van der Waals surface area contributed by atoms with Gasteiger partial charge in [0.25, 0.3) is 5.91 Å². The maximum atomic E-state index is 12.9. The minimum atomic E-state index is -0.210. The van der Waals surface area contributed by atoms with Gasteiger partial charge in [-0.2, -0.15) is 0 Å². The number of aromatic amines is 1. The number of rotatable bonds is 8. The van der Waals surface area contributed by atoms with Crippen LogP contribution in [0.15, 0.2) is 67.3 Å². The van der Waals surface area contributed by atoms with E-state index in [-0.39, 0.29) is 18.0 Å². The van der Waals surface area contributed by atoms with Crippen molar-refractivity contribution in [1.82, 2.24) is 25.3 Å². The fraction of sp³-hybridized carbons (Fsp3) is 0.241. The van der Waals surface area contributed by atoms with Crippen LogP contribution in [-0.2, 0) is 9.47 Å². The number of hydrogen-bond donors (Lipinski definition) is 3. The molecule has 1 aromatic carbocycles. The van der Waals surface area contributed by atoms with Gasteiger partial charge in [0.15, 0.2) is 0 Å². The molecule has 1 amide bonds. The second kappa shape index (κ2) is 10.8. The van der Waals surface area contributed by atoms with E-state index in [1.807, 2.05) is 30.3 Å². The predicted molar refractivity (Wildman–Crippen MR) is 147 cm³/mol. The molecule has 0 radical (unpaired) electrons. The first kappa shape index (κ1) is 24.9. The molecule has 1 saturated heterocycles. The lowest BCUT2D eigenvalue weighted by Gasteiger charge is -2.16. The summed E-state index contributed by atoms with van der Waals surface area (Å²) in [5.74, 6) is 0.426. The largest absolute Gasteiger partial charge is 0.489 e. The van der Waals surface area contributed by atoms with Crippen LogP contribution >= 0.6 is 0 Å². The number of aromatic nitrogens is 4. The van der Waals surface area contributed by atoms with Crippen LogP contribution in [-0.4, -0.2) is 71.5 Å². The molecule has 1 fully saturated rings. The topological polar surface area (TPSA) is 137 Å². The Bertz CT molecular complexity index is 1620. The zero-order chi connectivity index (χ0) is 26.8. The summed E-state index contributed by atoms with van der Waals surface area (Å²) in [5.41, 5.74) is 11.6. The van der Waals surface area contributed by atoms with Crippen molar-refractivity contribution in [2.45, 2.75) is 12.1 Å². The number of pyridine rings is 3. The first-order chi connectivity index (χ1) is 19.1. The number of carbonyl (C=O) groups excluding carboxylic acids is 1. The lowest BCUT2D eigenvalue weighted by atomic mass is 9.98. The third-order valence-electron chi connectivity index (χ3n) is 6.85. The molecule has 0 saturated carbocycles. The molecular formula is C29H28N6O4. The quantitative estimate of drug-likeness (QED) is 0.263. The molecule has 4 N–H and O–H groups in total. The normalized spacial score (nSPS) is 17.1. The van der Waals surface area contributed by atoms with Crippen LogP contribution in [0, 0.1) is 0 Å². The molecule has 2 atom stereocenters.